The van der Waals surface area contributed by atoms with E-state index in [2.05, 4.69) is 16.8 Å². The van der Waals surface area contributed by atoms with Gasteiger partial charge in [0.2, 0.25) is 5.91 Å². The third-order valence-electron chi connectivity index (χ3n) is 3.67. The summed E-state index contributed by atoms with van der Waals surface area (Å²) >= 11 is 0. The lowest BCUT2D eigenvalue weighted by molar-refractivity contribution is -0.129. The highest BCUT2D eigenvalue weighted by molar-refractivity contribution is 5.78. The van der Waals surface area contributed by atoms with Crippen LogP contribution in [0.5, 0.6) is 0 Å². The number of likely N-dealkylation sites (N-methyl/N-ethyl adjacent to an activating group) is 1. The normalized spacial score (nSPS) is 25.5. The molecule has 17 heavy (non-hydrogen) atoms. The highest BCUT2D eigenvalue weighted by Crippen LogP contribution is 2.10. The van der Waals surface area contributed by atoms with Crippen LogP contribution in [0, 0.1) is 0 Å². The minimum Gasteiger partial charge on any atom is -0.390 e. The maximum absolute atomic E-state index is 11.4. The molecule has 0 spiro atoms. The summed E-state index contributed by atoms with van der Waals surface area (Å²) in [7, 11) is 2.12. The Bertz CT molecular complexity index is 264. The molecule has 5 nitrogen and oxygen atoms in total. The molecule has 1 N–H and O–H groups in total. The van der Waals surface area contributed by atoms with Crippen LogP contribution in [-0.2, 0) is 4.79 Å². The first-order valence-electron chi connectivity index (χ1n) is 6.52. The Morgan fingerprint density at radius 1 is 1.18 bits per heavy atom. The fraction of sp³-hybridized carbons (Fsp3) is 0.917. The average molecular weight is 241 g/mol. The fourth-order valence-electron chi connectivity index (χ4n) is 2.54. The molecule has 0 aromatic carbocycles. The van der Waals surface area contributed by atoms with Gasteiger partial charge in [-0.15, -0.1) is 0 Å². The van der Waals surface area contributed by atoms with Crippen LogP contribution in [0.2, 0.25) is 0 Å². The zero-order valence-corrected chi connectivity index (χ0v) is 10.6. The molecule has 0 radical (unpaired) electrons. The molecule has 0 saturated carbocycles. The Morgan fingerprint density at radius 2 is 1.88 bits per heavy atom. The van der Waals surface area contributed by atoms with Crippen LogP contribution >= 0.6 is 0 Å². The van der Waals surface area contributed by atoms with E-state index in [1.165, 1.54) is 0 Å². The molecule has 2 saturated heterocycles. The van der Waals surface area contributed by atoms with Crippen molar-refractivity contribution < 1.29 is 9.90 Å². The number of piperazine rings is 1. The van der Waals surface area contributed by atoms with Crippen LogP contribution in [0.3, 0.4) is 0 Å². The average Bonchev–Trinajstić information content (AvgIpc) is 2.68. The number of likely N-dealkylation sites (tertiary alicyclic amines) is 1. The molecule has 5 heteroatoms. The van der Waals surface area contributed by atoms with Crippen molar-refractivity contribution in [2.75, 3.05) is 52.9 Å². The van der Waals surface area contributed by atoms with Gasteiger partial charge in [0.05, 0.1) is 6.10 Å². The predicted octanol–water partition coefficient (Wildman–Crippen LogP) is -0.783. The summed E-state index contributed by atoms with van der Waals surface area (Å²) < 4.78 is 0. The summed E-state index contributed by atoms with van der Waals surface area (Å²) in [4.78, 5) is 17.8. The molecule has 1 atom stereocenters. The maximum atomic E-state index is 11.4. The van der Waals surface area contributed by atoms with Crippen molar-refractivity contribution in [3.05, 3.63) is 0 Å². The monoisotopic (exact) mass is 241 g/mol. The van der Waals surface area contributed by atoms with Gasteiger partial charge in [-0.25, -0.2) is 0 Å². The zero-order valence-electron chi connectivity index (χ0n) is 10.6. The number of nitrogens with zero attached hydrogens (tertiary/aromatic N) is 3. The molecule has 0 bridgehead atoms. The van der Waals surface area contributed by atoms with Crippen molar-refractivity contribution in [3.8, 4) is 0 Å². The van der Waals surface area contributed by atoms with Gasteiger partial charge in [0.25, 0.3) is 0 Å². The van der Waals surface area contributed by atoms with Gasteiger partial charge in [0.1, 0.15) is 0 Å². The molecule has 0 aliphatic carbocycles. The minimum absolute atomic E-state index is 0.197. The summed E-state index contributed by atoms with van der Waals surface area (Å²) in [5.41, 5.74) is 0. The Hall–Kier alpha value is -0.650. The van der Waals surface area contributed by atoms with Crippen molar-refractivity contribution >= 4 is 5.91 Å². The van der Waals surface area contributed by atoms with Crippen molar-refractivity contribution in [1.82, 2.24) is 14.7 Å². The second-order valence-electron chi connectivity index (χ2n) is 5.20. The molecular weight excluding hydrogens is 218 g/mol. The van der Waals surface area contributed by atoms with Gasteiger partial charge < -0.3 is 14.9 Å². The maximum Gasteiger partial charge on any atom is 0.222 e. The molecule has 2 fully saturated rings. The van der Waals surface area contributed by atoms with Gasteiger partial charge in [0.15, 0.2) is 0 Å². The number of carbonyl (C=O) groups is 1. The van der Waals surface area contributed by atoms with Crippen LogP contribution in [0.1, 0.15) is 12.8 Å². The smallest absolute Gasteiger partial charge is 0.222 e. The van der Waals surface area contributed by atoms with Gasteiger partial charge in [-0.1, -0.05) is 0 Å². The third-order valence-corrected chi connectivity index (χ3v) is 3.67. The molecule has 98 valence electrons. The van der Waals surface area contributed by atoms with E-state index in [4.69, 9.17) is 0 Å². The van der Waals surface area contributed by atoms with Gasteiger partial charge in [0, 0.05) is 52.2 Å². The molecule has 0 aromatic rings. The number of aliphatic hydroxyl groups is 1. The molecule has 2 aliphatic heterocycles. The molecule has 1 unspecified atom stereocenters. The first-order chi connectivity index (χ1) is 8.15. The van der Waals surface area contributed by atoms with Crippen LogP contribution in [-0.4, -0.2) is 84.7 Å². The quantitative estimate of drug-likeness (QED) is 0.701. The largest absolute Gasteiger partial charge is 0.390 e. The van der Waals surface area contributed by atoms with Gasteiger partial charge >= 0.3 is 0 Å². The third kappa shape index (κ3) is 3.66. The molecule has 1 amide bonds. The number of rotatable bonds is 4. The Morgan fingerprint density at radius 3 is 2.47 bits per heavy atom. The number of carbonyl (C=O) groups excluding carboxylic acids is 1. The standard InChI is InChI=1S/C12H23N3O2/c1-13-5-7-14(8-6-13)9-11(16)10-15-4-2-3-12(15)17/h11,16H,2-10H2,1H3. The number of hydrogen-bond acceptors (Lipinski definition) is 4. The van der Waals surface area contributed by atoms with Crippen molar-refractivity contribution in [2.24, 2.45) is 0 Å². The number of aliphatic hydroxyl groups excluding tert-OH is 1. The molecule has 2 rings (SSSR count). The van der Waals surface area contributed by atoms with Gasteiger partial charge in [-0.2, -0.15) is 0 Å². The summed E-state index contributed by atoms with van der Waals surface area (Å²) in [6.07, 6.45) is 1.20. The van der Waals surface area contributed by atoms with Crippen molar-refractivity contribution in [3.63, 3.8) is 0 Å². The predicted molar refractivity (Wildman–Crippen MR) is 65.8 cm³/mol. The summed E-state index contributed by atoms with van der Waals surface area (Å²) in [6, 6.07) is 0. The highest BCUT2D eigenvalue weighted by atomic mass is 16.3. The minimum atomic E-state index is -0.402. The van der Waals surface area contributed by atoms with E-state index in [1.807, 2.05) is 0 Å². The van der Waals surface area contributed by atoms with Gasteiger partial charge in [-0.3, -0.25) is 9.69 Å². The highest BCUT2D eigenvalue weighted by Gasteiger charge is 2.24. The summed E-state index contributed by atoms with van der Waals surface area (Å²) in [5, 5.41) is 10.00. The lowest BCUT2D eigenvalue weighted by atomic mass is 10.2. The SMILES string of the molecule is CN1CCN(CC(O)CN2CCCC2=O)CC1. The van der Waals surface area contributed by atoms with Crippen molar-refractivity contribution in [1.29, 1.82) is 0 Å². The van der Waals surface area contributed by atoms with Gasteiger partial charge in [-0.05, 0) is 13.5 Å². The lowest BCUT2D eigenvalue weighted by Gasteiger charge is -2.34. The van der Waals surface area contributed by atoms with E-state index in [9.17, 15) is 9.90 Å². The van der Waals surface area contributed by atoms with Crippen molar-refractivity contribution in [2.45, 2.75) is 18.9 Å². The Kier molecular flexibility index (Phi) is 4.36. The molecular formula is C12H23N3O2. The molecule has 2 aliphatic rings. The first kappa shape index (κ1) is 12.8. The first-order valence-corrected chi connectivity index (χ1v) is 6.52. The zero-order chi connectivity index (χ0) is 12.3. The topological polar surface area (TPSA) is 47.0 Å². The van der Waals surface area contributed by atoms with E-state index < -0.39 is 6.10 Å². The fourth-order valence-corrected chi connectivity index (χ4v) is 2.54. The number of β-amino-alcohol motifs (C(OH)–C–C–N with tert-alkyl or cyclic N) is 1. The molecule has 2 heterocycles. The summed E-state index contributed by atoms with van der Waals surface area (Å²) in [5.74, 6) is 0.197. The number of hydrogen-bond donors (Lipinski definition) is 1. The van der Waals surface area contributed by atoms with Crippen LogP contribution < -0.4 is 0 Å². The van der Waals surface area contributed by atoms with Crippen LogP contribution in [0.4, 0.5) is 0 Å². The Balaban J connectivity index is 1.69. The lowest BCUT2D eigenvalue weighted by Crippen LogP contribution is -2.48. The van der Waals surface area contributed by atoms with E-state index in [0.29, 0.717) is 19.5 Å². The van der Waals surface area contributed by atoms with E-state index in [-0.39, 0.29) is 5.91 Å². The number of amides is 1. The molecule has 0 aromatic heterocycles. The van der Waals surface area contributed by atoms with E-state index in [1.54, 1.807) is 4.90 Å². The van der Waals surface area contributed by atoms with E-state index in [0.717, 1.165) is 39.1 Å². The van der Waals surface area contributed by atoms with Crippen LogP contribution in [0.15, 0.2) is 0 Å². The summed E-state index contributed by atoms with van der Waals surface area (Å²) in [6.45, 7) is 6.18. The second kappa shape index (κ2) is 5.80. The Labute approximate surface area is 103 Å². The van der Waals surface area contributed by atoms with Crippen LogP contribution in [0.25, 0.3) is 0 Å². The second-order valence-corrected chi connectivity index (χ2v) is 5.20. The van der Waals surface area contributed by atoms with E-state index >= 15 is 0 Å².